The number of likely N-dealkylation sites (tertiary alicyclic amines) is 1. The Morgan fingerprint density at radius 1 is 1.33 bits per heavy atom. The van der Waals surface area contributed by atoms with Crippen molar-refractivity contribution < 1.29 is 4.79 Å². The second kappa shape index (κ2) is 5.29. The van der Waals surface area contributed by atoms with E-state index in [0.717, 1.165) is 12.1 Å². The lowest BCUT2D eigenvalue weighted by molar-refractivity contribution is 0.157. The van der Waals surface area contributed by atoms with E-state index in [0.29, 0.717) is 6.54 Å². The van der Waals surface area contributed by atoms with Gasteiger partial charge in [-0.25, -0.2) is 4.79 Å². The van der Waals surface area contributed by atoms with Crippen LogP contribution in [0.5, 0.6) is 0 Å². The van der Waals surface area contributed by atoms with E-state index in [1.54, 1.807) is 16.8 Å². The molecule has 1 saturated heterocycles. The number of anilines is 1. The van der Waals surface area contributed by atoms with Gasteiger partial charge in [0.1, 0.15) is 0 Å². The number of rotatable bonds is 2. The number of hydrogen-bond donors (Lipinski definition) is 0. The molecule has 1 aliphatic heterocycles. The minimum Gasteiger partial charge on any atom is -0.320 e. The fraction of sp³-hybridized carbons (Fsp3) is 0.364. The van der Waals surface area contributed by atoms with Gasteiger partial charge in [0.15, 0.2) is 0 Å². The lowest BCUT2D eigenvalue weighted by atomic mass is 10.2. The molecular formula is C11H13Cl3N2OSi. The maximum Gasteiger partial charge on any atom is 0.362 e. The molecule has 0 N–H and O–H groups in total. The molecule has 1 atom stereocenters. The third-order valence-electron chi connectivity index (χ3n) is 3.07. The van der Waals surface area contributed by atoms with Crippen molar-refractivity contribution in [1.82, 2.24) is 4.90 Å². The number of hydrogen-bond acceptors (Lipinski definition) is 1. The zero-order valence-corrected chi connectivity index (χ0v) is 13.1. The van der Waals surface area contributed by atoms with Gasteiger partial charge < -0.3 is 4.90 Å². The molecule has 2 amide bonds. The molecular weight excluding hydrogens is 311 g/mol. The van der Waals surface area contributed by atoms with Crippen molar-refractivity contribution in [3.05, 3.63) is 30.3 Å². The van der Waals surface area contributed by atoms with Gasteiger partial charge in [0.25, 0.3) is 0 Å². The van der Waals surface area contributed by atoms with E-state index < -0.39 is 6.00 Å². The average molecular weight is 324 g/mol. The van der Waals surface area contributed by atoms with E-state index in [1.807, 2.05) is 30.3 Å². The first-order valence-electron chi connectivity index (χ1n) is 5.57. The Labute approximate surface area is 121 Å². The first kappa shape index (κ1) is 14.0. The normalized spacial score (nSPS) is 19.3. The summed E-state index contributed by atoms with van der Waals surface area (Å²) in [7, 11) is 1.73. The molecule has 18 heavy (non-hydrogen) atoms. The Bertz CT molecular complexity index is 438. The van der Waals surface area contributed by atoms with Crippen LogP contribution in [-0.4, -0.2) is 36.2 Å². The second-order valence-electron chi connectivity index (χ2n) is 4.22. The smallest absolute Gasteiger partial charge is 0.320 e. The third-order valence-corrected chi connectivity index (χ3v) is 6.70. The van der Waals surface area contributed by atoms with E-state index in [-0.39, 0.29) is 11.7 Å². The summed E-state index contributed by atoms with van der Waals surface area (Å²) in [6.45, 7) is 0.654. The predicted octanol–water partition coefficient (Wildman–Crippen LogP) is 3.51. The van der Waals surface area contributed by atoms with Crippen LogP contribution in [0.2, 0.25) is 0 Å². The van der Waals surface area contributed by atoms with Crippen LogP contribution >= 0.6 is 33.2 Å². The van der Waals surface area contributed by atoms with Gasteiger partial charge in [-0.05, 0) is 18.6 Å². The largest absolute Gasteiger partial charge is 0.362 e. The van der Waals surface area contributed by atoms with Gasteiger partial charge >= 0.3 is 12.0 Å². The van der Waals surface area contributed by atoms with Crippen LogP contribution in [0.4, 0.5) is 10.5 Å². The van der Waals surface area contributed by atoms with Crippen molar-refractivity contribution in [2.24, 2.45) is 0 Å². The van der Waals surface area contributed by atoms with Crippen LogP contribution < -0.4 is 4.90 Å². The van der Waals surface area contributed by atoms with Crippen molar-refractivity contribution in [1.29, 1.82) is 0 Å². The molecule has 1 aliphatic rings. The van der Waals surface area contributed by atoms with Crippen LogP contribution in [0.25, 0.3) is 0 Å². The Morgan fingerprint density at radius 3 is 2.39 bits per heavy atom. The highest BCUT2D eigenvalue weighted by Crippen LogP contribution is 2.36. The fourth-order valence-corrected chi connectivity index (χ4v) is 5.00. The van der Waals surface area contributed by atoms with Gasteiger partial charge in [0, 0.05) is 19.3 Å². The topological polar surface area (TPSA) is 23.6 Å². The van der Waals surface area contributed by atoms with Gasteiger partial charge in [-0.3, -0.25) is 4.90 Å². The number of para-hydroxylation sites is 1. The van der Waals surface area contributed by atoms with E-state index in [4.69, 9.17) is 33.2 Å². The number of nitrogens with zero attached hydrogens (tertiary/aromatic N) is 2. The Morgan fingerprint density at radius 2 is 1.94 bits per heavy atom. The van der Waals surface area contributed by atoms with Gasteiger partial charge in [-0.1, -0.05) is 18.2 Å². The molecule has 1 heterocycles. The zero-order chi connectivity index (χ0) is 13.3. The molecule has 0 aromatic heterocycles. The van der Waals surface area contributed by atoms with Crippen molar-refractivity contribution in [3.8, 4) is 0 Å². The molecule has 0 saturated carbocycles. The lowest BCUT2D eigenvalue weighted by Gasteiger charge is -2.44. The van der Waals surface area contributed by atoms with Crippen LogP contribution in [-0.2, 0) is 0 Å². The number of amides is 2. The Hall–Kier alpha value is -0.423. The fourth-order valence-electron chi connectivity index (χ4n) is 1.91. The molecule has 7 heteroatoms. The minimum atomic E-state index is -2.85. The van der Waals surface area contributed by atoms with Gasteiger partial charge in [0.05, 0.1) is 5.67 Å². The molecule has 98 valence electrons. The number of carbonyl (C=O) groups excluding carboxylic acids is 1. The molecule has 0 aliphatic carbocycles. The van der Waals surface area contributed by atoms with Crippen molar-refractivity contribution in [3.63, 3.8) is 0 Å². The molecule has 1 aromatic carbocycles. The summed E-state index contributed by atoms with van der Waals surface area (Å²) in [5, 5.41) is 0. The first-order valence-corrected chi connectivity index (χ1v) is 10.7. The molecule has 1 fully saturated rings. The maximum absolute atomic E-state index is 12.3. The first-order chi connectivity index (χ1) is 8.41. The highest BCUT2D eigenvalue weighted by Gasteiger charge is 2.48. The number of carbonyl (C=O) groups is 1. The quantitative estimate of drug-likeness (QED) is 0.603. The predicted molar refractivity (Wildman–Crippen MR) is 78.7 cm³/mol. The second-order valence-corrected chi connectivity index (χ2v) is 13.1. The summed E-state index contributed by atoms with van der Waals surface area (Å²) in [4.78, 5) is 15.5. The molecule has 0 spiro atoms. The van der Waals surface area contributed by atoms with E-state index in [9.17, 15) is 4.79 Å². The molecule has 0 radical (unpaired) electrons. The number of halogens is 3. The number of benzene rings is 1. The van der Waals surface area contributed by atoms with Crippen LogP contribution in [0.15, 0.2) is 30.3 Å². The third kappa shape index (κ3) is 2.77. The van der Waals surface area contributed by atoms with E-state index in [1.165, 1.54) is 0 Å². The summed E-state index contributed by atoms with van der Waals surface area (Å²) in [5.74, 6) is 0. The van der Waals surface area contributed by atoms with Crippen molar-refractivity contribution in [2.75, 3.05) is 18.5 Å². The van der Waals surface area contributed by atoms with Crippen molar-refractivity contribution in [2.45, 2.75) is 12.1 Å². The van der Waals surface area contributed by atoms with Crippen LogP contribution in [0.1, 0.15) is 6.42 Å². The summed E-state index contributed by atoms with van der Waals surface area (Å²) in [5.41, 5.74) is 0.625. The molecule has 3 nitrogen and oxygen atoms in total. The Balaban J connectivity index is 2.09. The van der Waals surface area contributed by atoms with Gasteiger partial charge in [0.2, 0.25) is 0 Å². The number of urea groups is 1. The highest BCUT2D eigenvalue weighted by molar-refractivity contribution is 7.65. The van der Waals surface area contributed by atoms with Crippen molar-refractivity contribution >= 4 is 51.0 Å². The maximum atomic E-state index is 12.3. The van der Waals surface area contributed by atoms with Crippen LogP contribution in [0, 0.1) is 0 Å². The summed E-state index contributed by atoms with van der Waals surface area (Å²) in [6.07, 6.45) is 0.775. The van der Waals surface area contributed by atoms with E-state index >= 15 is 0 Å². The lowest BCUT2D eigenvalue weighted by Crippen LogP contribution is -2.62. The SMILES string of the molecule is CN(C(=O)N1CCC1[Si](Cl)(Cl)Cl)c1ccccc1. The van der Waals surface area contributed by atoms with Gasteiger partial charge in [-0.15, -0.1) is 33.2 Å². The van der Waals surface area contributed by atoms with Gasteiger partial charge in [-0.2, -0.15) is 0 Å². The van der Waals surface area contributed by atoms with Crippen LogP contribution in [0.3, 0.4) is 0 Å². The minimum absolute atomic E-state index is 0.115. The molecule has 2 rings (SSSR count). The monoisotopic (exact) mass is 322 g/mol. The average Bonchev–Trinajstić information content (AvgIpc) is 2.25. The zero-order valence-electron chi connectivity index (χ0n) is 9.81. The molecule has 1 unspecified atom stereocenters. The summed E-state index contributed by atoms with van der Waals surface area (Å²) in [6, 6.07) is 6.46. The highest BCUT2D eigenvalue weighted by atomic mass is 35.8. The molecule has 0 bridgehead atoms. The summed E-state index contributed by atoms with van der Waals surface area (Å²) < 4.78 is 0. The Kier molecular flexibility index (Phi) is 4.11. The molecule has 1 aromatic rings. The summed E-state index contributed by atoms with van der Waals surface area (Å²) >= 11 is 17.9. The van der Waals surface area contributed by atoms with E-state index in [2.05, 4.69) is 0 Å². The standard InChI is InChI=1S/C11H13Cl3N2OSi/c1-15(9-5-3-2-4-6-9)11(17)16-8-7-10(16)18(12,13)14/h2-6,10H,7-8H2,1H3.